The third-order valence-corrected chi connectivity index (χ3v) is 2.37. The van der Waals surface area contributed by atoms with Gasteiger partial charge in [-0.25, -0.2) is 0 Å². The smallest absolute Gasteiger partial charge is 0.241 e. The lowest BCUT2D eigenvalue weighted by Gasteiger charge is -2.08. The van der Waals surface area contributed by atoms with Crippen LogP contribution in [0.25, 0.3) is 0 Å². The van der Waals surface area contributed by atoms with Crippen molar-refractivity contribution in [3.05, 3.63) is 18.5 Å². The fourth-order valence-corrected chi connectivity index (χ4v) is 1.37. The Bertz CT molecular complexity index is 298. The SMILES string of the molecule is CC(CO)CCCNC(=O)Cn1cccn1. The van der Waals surface area contributed by atoms with Gasteiger partial charge in [-0.05, 0) is 24.8 Å². The molecular formula is C11H19N3O2. The van der Waals surface area contributed by atoms with Crippen molar-refractivity contribution in [3.8, 4) is 0 Å². The maximum atomic E-state index is 11.4. The van der Waals surface area contributed by atoms with Crippen LogP contribution in [0.2, 0.25) is 0 Å². The standard InChI is InChI=1S/C11H19N3O2/c1-10(9-15)4-2-5-12-11(16)8-14-7-3-6-13-14/h3,6-7,10,15H,2,4-5,8-9H2,1H3,(H,12,16). The molecule has 1 heterocycles. The number of nitrogens with one attached hydrogen (secondary N) is 1. The summed E-state index contributed by atoms with van der Waals surface area (Å²) in [5, 5.41) is 15.6. The minimum atomic E-state index is -0.0275. The third kappa shape index (κ3) is 4.93. The number of rotatable bonds is 7. The van der Waals surface area contributed by atoms with E-state index >= 15 is 0 Å². The van der Waals surface area contributed by atoms with Crippen LogP contribution in [-0.4, -0.2) is 33.9 Å². The van der Waals surface area contributed by atoms with Crippen molar-refractivity contribution in [2.45, 2.75) is 26.3 Å². The van der Waals surface area contributed by atoms with Crippen LogP contribution < -0.4 is 5.32 Å². The first-order valence-electron chi connectivity index (χ1n) is 5.57. The van der Waals surface area contributed by atoms with Gasteiger partial charge >= 0.3 is 0 Å². The zero-order chi connectivity index (χ0) is 11.8. The number of aliphatic hydroxyl groups is 1. The second-order valence-electron chi connectivity index (χ2n) is 3.98. The van der Waals surface area contributed by atoms with Gasteiger partial charge in [-0.1, -0.05) is 6.92 Å². The van der Waals surface area contributed by atoms with E-state index in [1.54, 1.807) is 23.1 Å². The average molecular weight is 225 g/mol. The van der Waals surface area contributed by atoms with Crippen LogP contribution in [0, 0.1) is 5.92 Å². The summed E-state index contributed by atoms with van der Waals surface area (Å²) in [5.74, 6) is 0.281. The number of carbonyl (C=O) groups excluding carboxylic acids is 1. The van der Waals surface area contributed by atoms with Crippen LogP contribution in [0.1, 0.15) is 19.8 Å². The molecule has 0 aliphatic heterocycles. The molecule has 0 radical (unpaired) electrons. The molecule has 5 nitrogen and oxygen atoms in total. The number of amides is 1. The van der Waals surface area contributed by atoms with Gasteiger partial charge < -0.3 is 10.4 Å². The summed E-state index contributed by atoms with van der Waals surface area (Å²) in [6.45, 7) is 3.12. The van der Waals surface area contributed by atoms with Gasteiger partial charge in [0.1, 0.15) is 6.54 Å². The summed E-state index contributed by atoms with van der Waals surface area (Å²) in [6, 6.07) is 1.79. The van der Waals surface area contributed by atoms with Crippen molar-refractivity contribution in [2.75, 3.05) is 13.2 Å². The molecule has 0 aliphatic carbocycles. The van der Waals surface area contributed by atoms with Crippen molar-refractivity contribution < 1.29 is 9.90 Å². The summed E-state index contributed by atoms with van der Waals surface area (Å²) in [6.07, 6.45) is 5.23. The van der Waals surface area contributed by atoms with Crippen molar-refractivity contribution in [2.24, 2.45) is 5.92 Å². The zero-order valence-electron chi connectivity index (χ0n) is 9.59. The lowest BCUT2D eigenvalue weighted by Crippen LogP contribution is -2.28. The zero-order valence-corrected chi connectivity index (χ0v) is 9.59. The van der Waals surface area contributed by atoms with Crippen LogP contribution in [0.5, 0.6) is 0 Å². The summed E-state index contributed by atoms with van der Waals surface area (Å²) in [7, 11) is 0. The molecule has 1 unspecified atom stereocenters. The lowest BCUT2D eigenvalue weighted by atomic mass is 10.1. The van der Waals surface area contributed by atoms with Gasteiger partial charge in [-0.3, -0.25) is 9.48 Å². The van der Waals surface area contributed by atoms with E-state index in [9.17, 15) is 4.79 Å². The fourth-order valence-electron chi connectivity index (χ4n) is 1.37. The molecule has 1 aromatic heterocycles. The molecule has 5 heteroatoms. The van der Waals surface area contributed by atoms with Gasteiger partial charge in [-0.15, -0.1) is 0 Å². The van der Waals surface area contributed by atoms with Crippen molar-refractivity contribution in [3.63, 3.8) is 0 Å². The number of aliphatic hydroxyl groups excluding tert-OH is 1. The highest BCUT2D eigenvalue weighted by molar-refractivity contribution is 5.75. The van der Waals surface area contributed by atoms with Gasteiger partial charge in [0, 0.05) is 25.5 Å². The predicted molar refractivity (Wildman–Crippen MR) is 60.7 cm³/mol. The molecule has 1 atom stereocenters. The molecule has 0 saturated heterocycles. The Morgan fingerprint density at radius 1 is 1.62 bits per heavy atom. The first-order valence-corrected chi connectivity index (χ1v) is 5.57. The second-order valence-corrected chi connectivity index (χ2v) is 3.98. The topological polar surface area (TPSA) is 67.2 Å². The Morgan fingerprint density at radius 2 is 2.44 bits per heavy atom. The first kappa shape index (κ1) is 12.7. The maximum Gasteiger partial charge on any atom is 0.241 e. The molecular weight excluding hydrogens is 206 g/mol. The molecule has 0 fully saturated rings. The Labute approximate surface area is 95.5 Å². The van der Waals surface area contributed by atoms with E-state index in [1.165, 1.54) is 0 Å². The monoisotopic (exact) mass is 225 g/mol. The van der Waals surface area contributed by atoms with E-state index in [0.717, 1.165) is 12.8 Å². The molecule has 0 aromatic carbocycles. The van der Waals surface area contributed by atoms with Crippen LogP contribution in [0.3, 0.4) is 0 Å². The maximum absolute atomic E-state index is 11.4. The Morgan fingerprint density at radius 3 is 3.06 bits per heavy atom. The Hall–Kier alpha value is -1.36. The normalized spacial score (nSPS) is 12.4. The Balaban J connectivity index is 2.07. The molecule has 0 bridgehead atoms. The molecule has 0 aliphatic rings. The van der Waals surface area contributed by atoms with Crippen LogP contribution in [0.15, 0.2) is 18.5 Å². The third-order valence-electron chi connectivity index (χ3n) is 2.37. The average Bonchev–Trinajstić information content (AvgIpc) is 2.76. The second kappa shape index (κ2) is 7.00. The highest BCUT2D eigenvalue weighted by atomic mass is 16.3. The van der Waals surface area contributed by atoms with Crippen LogP contribution >= 0.6 is 0 Å². The minimum Gasteiger partial charge on any atom is -0.396 e. The number of carbonyl (C=O) groups is 1. The van der Waals surface area contributed by atoms with Crippen LogP contribution in [0.4, 0.5) is 0 Å². The summed E-state index contributed by atoms with van der Waals surface area (Å²) >= 11 is 0. The summed E-state index contributed by atoms with van der Waals surface area (Å²) < 4.78 is 1.59. The van der Waals surface area contributed by atoms with Crippen molar-refractivity contribution >= 4 is 5.91 Å². The highest BCUT2D eigenvalue weighted by Gasteiger charge is 2.03. The number of hydrogen-bond donors (Lipinski definition) is 2. The highest BCUT2D eigenvalue weighted by Crippen LogP contribution is 2.02. The van der Waals surface area contributed by atoms with Gasteiger partial charge in [-0.2, -0.15) is 5.10 Å². The van der Waals surface area contributed by atoms with Gasteiger partial charge in [0.25, 0.3) is 0 Å². The van der Waals surface area contributed by atoms with Crippen molar-refractivity contribution in [1.29, 1.82) is 0 Å². The molecule has 90 valence electrons. The predicted octanol–water partition coefficient (Wildman–Crippen LogP) is 0.408. The molecule has 1 rings (SSSR count). The van der Waals surface area contributed by atoms with E-state index in [0.29, 0.717) is 12.5 Å². The number of hydrogen-bond acceptors (Lipinski definition) is 3. The van der Waals surface area contributed by atoms with E-state index in [-0.39, 0.29) is 19.1 Å². The molecule has 1 aromatic rings. The van der Waals surface area contributed by atoms with Gasteiger partial charge in [0.05, 0.1) is 0 Å². The molecule has 1 amide bonds. The van der Waals surface area contributed by atoms with E-state index in [1.807, 2.05) is 6.92 Å². The quantitative estimate of drug-likeness (QED) is 0.660. The molecule has 0 spiro atoms. The minimum absolute atomic E-state index is 0.0275. The van der Waals surface area contributed by atoms with E-state index < -0.39 is 0 Å². The van der Waals surface area contributed by atoms with Gasteiger partial charge in [0.15, 0.2) is 0 Å². The number of aromatic nitrogens is 2. The lowest BCUT2D eigenvalue weighted by molar-refractivity contribution is -0.121. The van der Waals surface area contributed by atoms with Crippen LogP contribution in [-0.2, 0) is 11.3 Å². The summed E-state index contributed by atoms with van der Waals surface area (Å²) in [4.78, 5) is 11.4. The Kier molecular flexibility index (Phi) is 5.56. The number of nitrogens with zero attached hydrogens (tertiary/aromatic N) is 2. The fraction of sp³-hybridized carbons (Fsp3) is 0.636. The molecule has 2 N–H and O–H groups in total. The summed E-state index contributed by atoms with van der Waals surface area (Å²) in [5.41, 5.74) is 0. The largest absolute Gasteiger partial charge is 0.396 e. The van der Waals surface area contributed by atoms with Gasteiger partial charge in [0.2, 0.25) is 5.91 Å². The molecule has 16 heavy (non-hydrogen) atoms. The van der Waals surface area contributed by atoms with Crippen molar-refractivity contribution in [1.82, 2.24) is 15.1 Å². The van der Waals surface area contributed by atoms with E-state index in [2.05, 4.69) is 10.4 Å². The molecule has 0 saturated carbocycles. The first-order chi connectivity index (χ1) is 7.72. The van der Waals surface area contributed by atoms with E-state index in [4.69, 9.17) is 5.11 Å².